The number of benzene rings is 2. The van der Waals surface area contributed by atoms with Crippen molar-refractivity contribution in [3.8, 4) is 0 Å². The van der Waals surface area contributed by atoms with Crippen molar-refractivity contribution in [2.75, 3.05) is 23.4 Å². The van der Waals surface area contributed by atoms with Crippen molar-refractivity contribution in [2.45, 2.75) is 19.8 Å². The predicted molar refractivity (Wildman–Crippen MR) is 117 cm³/mol. The number of esters is 1. The summed E-state index contributed by atoms with van der Waals surface area (Å²) in [6.07, 6.45) is 0.627. The van der Waals surface area contributed by atoms with Crippen LogP contribution >= 0.6 is 15.9 Å². The number of nitro groups is 1. The van der Waals surface area contributed by atoms with Gasteiger partial charge in [0.25, 0.3) is 11.6 Å². The van der Waals surface area contributed by atoms with Crippen molar-refractivity contribution in [1.82, 2.24) is 0 Å². The van der Waals surface area contributed by atoms with Crippen molar-refractivity contribution < 1.29 is 24.0 Å². The van der Waals surface area contributed by atoms with Gasteiger partial charge in [-0.15, -0.1) is 0 Å². The van der Waals surface area contributed by atoms with Crippen molar-refractivity contribution in [3.05, 3.63) is 62.6 Å². The number of carbonyl (C=O) groups excluding carboxylic acids is 3. The first-order valence-electron chi connectivity index (χ1n) is 9.58. The van der Waals surface area contributed by atoms with Crippen LogP contribution in [0.5, 0.6) is 0 Å². The number of nitro benzene ring substituents is 1. The van der Waals surface area contributed by atoms with E-state index < -0.39 is 29.3 Å². The molecule has 1 aliphatic rings. The second-order valence-electron chi connectivity index (χ2n) is 6.99. The van der Waals surface area contributed by atoms with Crippen LogP contribution in [0.3, 0.4) is 0 Å². The first kappa shape index (κ1) is 22.4. The third kappa shape index (κ3) is 5.46. The second-order valence-corrected chi connectivity index (χ2v) is 7.91. The van der Waals surface area contributed by atoms with Crippen LogP contribution in [-0.4, -0.2) is 35.9 Å². The van der Waals surface area contributed by atoms with Crippen LogP contribution in [0, 0.1) is 16.0 Å². The van der Waals surface area contributed by atoms with Crippen LogP contribution in [0.4, 0.5) is 17.1 Å². The summed E-state index contributed by atoms with van der Waals surface area (Å²) in [5.41, 5.74) is 1.77. The molecule has 1 heterocycles. The Morgan fingerprint density at radius 1 is 1.29 bits per heavy atom. The molecule has 1 aliphatic heterocycles. The maximum absolute atomic E-state index is 12.4. The molecule has 0 unspecified atom stereocenters. The van der Waals surface area contributed by atoms with Crippen molar-refractivity contribution in [1.29, 1.82) is 0 Å². The van der Waals surface area contributed by atoms with Gasteiger partial charge >= 0.3 is 5.97 Å². The maximum Gasteiger partial charge on any atom is 0.311 e. The molecule has 9 nitrogen and oxygen atoms in total. The molecule has 2 amide bonds. The van der Waals surface area contributed by atoms with Crippen LogP contribution in [-0.2, 0) is 25.5 Å². The number of nitrogens with one attached hydrogen (secondary N) is 1. The van der Waals surface area contributed by atoms with Crippen molar-refractivity contribution in [2.24, 2.45) is 5.92 Å². The molecular formula is C21H20BrN3O6. The fourth-order valence-electron chi connectivity index (χ4n) is 3.31. The summed E-state index contributed by atoms with van der Waals surface area (Å²) < 4.78 is 6.00. The van der Waals surface area contributed by atoms with Gasteiger partial charge in [-0.25, -0.2) is 0 Å². The Kier molecular flexibility index (Phi) is 7.01. The lowest BCUT2D eigenvalue weighted by Gasteiger charge is -2.16. The Balaban J connectivity index is 1.57. The van der Waals surface area contributed by atoms with Gasteiger partial charge < -0.3 is 15.0 Å². The van der Waals surface area contributed by atoms with Gasteiger partial charge in [-0.05, 0) is 36.2 Å². The van der Waals surface area contributed by atoms with Crippen LogP contribution in [0.1, 0.15) is 18.9 Å². The molecule has 0 saturated carbocycles. The Labute approximate surface area is 186 Å². The third-order valence-electron chi connectivity index (χ3n) is 4.88. The topological polar surface area (TPSA) is 119 Å². The molecule has 2 aromatic rings. The maximum atomic E-state index is 12.4. The van der Waals surface area contributed by atoms with E-state index in [2.05, 4.69) is 21.2 Å². The summed E-state index contributed by atoms with van der Waals surface area (Å²) >= 11 is 3.38. The summed E-state index contributed by atoms with van der Waals surface area (Å²) in [7, 11) is 0. The lowest BCUT2D eigenvalue weighted by molar-refractivity contribution is -0.384. The number of aryl methyl sites for hydroxylation is 1. The molecule has 1 N–H and O–H groups in total. The number of rotatable bonds is 7. The number of hydrogen-bond acceptors (Lipinski definition) is 6. The standard InChI is InChI=1S/C21H20BrN3O6/c1-2-13-8-15(22)6-7-18(13)23-19(26)12-31-21(28)14-9-20(27)24(11-14)16-4-3-5-17(10-16)25(29)30/h3-8,10,14H,2,9,11-12H2,1H3,(H,23,26)/t14-/m0/s1. The van der Waals surface area contributed by atoms with Crippen LogP contribution in [0.15, 0.2) is 46.9 Å². The number of non-ortho nitro benzene ring substituents is 1. The van der Waals surface area contributed by atoms with E-state index >= 15 is 0 Å². The van der Waals surface area contributed by atoms with E-state index in [0.717, 1.165) is 10.0 Å². The molecule has 1 saturated heterocycles. The molecule has 2 aromatic carbocycles. The van der Waals surface area contributed by atoms with Crippen LogP contribution in [0.2, 0.25) is 0 Å². The zero-order valence-corrected chi connectivity index (χ0v) is 18.3. The fraction of sp³-hybridized carbons (Fsp3) is 0.286. The van der Waals surface area contributed by atoms with Gasteiger partial charge in [0, 0.05) is 35.3 Å². The van der Waals surface area contributed by atoms with E-state index in [4.69, 9.17) is 4.74 Å². The van der Waals surface area contributed by atoms with Crippen molar-refractivity contribution in [3.63, 3.8) is 0 Å². The number of halogens is 1. The molecule has 1 fully saturated rings. The quantitative estimate of drug-likeness (QED) is 0.361. The van der Waals surface area contributed by atoms with E-state index in [1.165, 1.54) is 23.1 Å². The highest BCUT2D eigenvalue weighted by Crippen LogP contribution is 2.28. The molecule has 31 heavy (non-hydrogen) atoms. The number of carbonyl (C=O) groups is 3. The summed E-state index contributed by atoms with van der Waals surface area (Å²) in [6.45, 7) is 1.52. The zero-order valence-electron chi connectivity index (χ0n) is 16.7. The average molecular weight is 490 g/mol. The smallest absolute Gasteiger partial charge is 0.311 e. The highest BCUT2D eigenvalue weighted by molar-refractivity contribution is 9.10. The van der Waals surface area contributed by atoms with Gasteiger partial charge in [0.05, 0.1) is 16.5 Å². The normalized spacial score (nSPS) is 15.6. The zero-order chi connectivity index (χ0) is 22.5. The Morgan fingerprint density at radius 2 is 2.06 bits per heavy atom. The first-order valence-corrected chi connectivity index (χ1v) is 10.4. The Bertz CT molecular complexity index is 1040. The molecule has 0 aliphatic carbocycles. The number of nitrogens with zero attached hydrogens (tertiary/aromatic N) is 2. The van der Waals surface area contributed by atoms with Gasteiger partial charge in [-0.3, -0.25) is 24.5 Å². The number of anilines is 2. The molecule has 162 valence electrons. The summed E-state index contributed by atoms with van der Waals surface area (Å²) in [5, 5.41) is 13.7. The number of hydrogen-bond donors (Lipinski definition) is 1. The Hall–Kier alpha value is -3.27. The molecule has 0 radical (unpaired) electrons. The first-order chi connectivity index (χ1) is 14.8. The van der Waals surface area contributed by atoms with Gasteiger partial charge in [0.2, 0.25) is 5.91 Å². The minimum Gasteiger partial charge on any atom is -0.455 e. The van der Waals surface area contributed by atoms with Gasteiger partial charge in [0.1, 0.15) is 0 Å². The van der Waals surface area contributed by atoms with Crippen LogP contribution in [0.25, 0.3) is 0 Å². The lowest BCUT2D eigenvalue weighted by Crippen LogP contribution is -2.28. The highest BCUT2D eigenvalue weighted by atomic mass is 79.9. The monoisotopic (exact) mass is 489 g/mol. The fourth-order valence-corrected chi connectivity index (χ4v) is 3.72. The van der Waals surface area contributed by atoms with Gasteiger partial charge in [-0.1, -0.05) is 28.9 Å². The summed E-state index contributed by atoms with van der Waals surface area (Å²) in [5.74, 6) is -2.24. The van der Waals surface area contributed by atoms with E-state index in [1.807, 2.05) is 13.0 Å². The van der Waals surface area contributed by atoms with Gasteiger partial charge in [-0.2, -0.15) is 0 Å². The van der Waals surface area contributed by atoms with E-state index in [9.17, 15) is 24.5 Å². The third-order valence-corrected chi connectivity index (χ3v) is 5.37. The average Bonchev–Trinajstić information content (AvgIpc) is 3.15. The molecule has 0 spiro atoms. The van der Waals surface area contributed by atoms with Gasteiger partial charge in [0.15, 0.2) is 6.61 Å². The van der Waals surface area contributed by atoms with E-state index in [-0.39, 0.29) is 24.6 Å². The highest BCUT2D eigenvalue weighted by Gasteiger charge is 2.36. The molecule has 3 rings (SSSR count). The minimum absolute atomic E-state index is 0.0349. The molecule has 1 atom stereocenters. The summed E-state index contributed by atoms with van der Waals surface area (Å²) in [6, 6.07) is 11.1. The number of amides is 2. The summed E-state index contributed by atoms with van der Waals surface area (Å²) in [4.78, 5) is 48.6. The number of ether oxygens (including phenoxy) is 1. The molecule has 10 heteroatoms. The molecule has 0 bridgehead atoms. The largest absolute Gasteiger partial charge is 0.455 e. The lowest BCUT2D eigenvalue weighted by atomic mass is 10.1. The minimum atomic E-state index is -0.751. The van der Waals surface area contributed by atoms with Crippen LogP contribution < -0.4 is 10.2 Å². The molecular weight excluding hydrogens is 470 g/mol. The second kappa shape index (κ2) is 9.69. The Morgan fingerprint density at radius 3 is 2.77 bits per heavy atom. The van der Waals surface area contributed by atoms with Crippen molar-refractivity contribution >= 4 is 50.8 Å². The van der Waals surface area contributed by atoms with E-state index in [0.29, 0.717) is 17.8 Å². The molecule has 0 aromatic heterocycles. The SMILES string of the molecule is CCc1cc(Br)ccc1NC(=O)COC(=O)[C@H]1CC(=O)N(c2cccc([N+](=O)[O-])c2)C1. The predicted octanol–water partition coefficient (Wildman–Crippen LogP) is 3.45. The van der Waals surface area contributed by atoms with E-state index in [1.54, 1.807) is 18.2 Å².